The number of nitrogens with zero attached hydrogens (tertiary/aromatic N) is 4. The predicted octanol–water partition coefficient (Wildman–Crippen LogP) is 3.74. The Labute approximate surface area is 154 Å². The summed E-state index contributed by atoms with van der Waals surface area (Å²) >= 11 is 7.15. The highest BCUT2D eigenvalue weighted by atomic mass is 35.5. The highest BCUT2D eigenvalue weighted by Crippen LogP contribution is 2.24. The Morgan fingerprint density at radius 1 is 1.24 bits per heavy atom. The van der Waals surface area contributed by atoms with Crippen LogP contribution in [0.4, 0.5) is 5.69 Å². The van der Waals surface area contributed by atoms with Gasteiger partial charge in [-0.2, -0.15) is 4.68 Å². The minimum Gasteiger partial charge on any atom is -0.325 e. The molecule has 1 amide bonds. The summed E-state index contributed by atoms with van der Waals surface area (Å²) in [6.07, 6.45) is 0. The van der Waals surface area contributed by atoms with Crippen LogP contribution in [-0.4, -0.2) is 31.4 Å². The molecule has 1 heterocycles. The summed E-state index contributed by atoms with van der Waals surface area (Å²) in [5, 5.41) is 15.4. The van der Waals surface area contributed by atoms with Crippen molar-refractivity contribution in [2.75, 3.05) is 5.32 Å². The van der Waals surface area contributed by atoms with Crippen molar-refractivity contribution >= 4 is 35.0 Å². The number of hydrogen-bond acceptors (Lipinski definition) is 5. The smallest absolute Gasteiger partial charge is 0.237 e. The van der Waals surface area contributed by atoms with E-state index in [9.17, 15) is 4.79 Å². The van der Waals surface area contributed by atoms with E-state index in [0.717, 1.165) is 11.3 Å². The molecule has 0 radical (unpaired) electrons. The molecular formula is C17H16ClN5OS. The molecular weight excluding hydrogens is 358 g/mol. The monoisotopic (exact) mass is 373 g/mol. The van der Waals surface area contributed by atoms with Crippen LogP contribution in [0, 0.1) is 6.92 Å². The molecule has 25 heavy (non-hydrogen) atoms. The second-order valence-electron chi connectivity index (χ2n) is 5.47. The van der Waals surface area contributed by atoms with Crippen LogP contribution in [-0.2, 0) is 4.79 Å². The van der Waals surface area contributed by atoms with Crippen molar-refractivity contribution < 1.29 is 4.79 Å². The van der Waals surface area contributed by atoms with Crippen molar-refractivity contribution in [1.29, 1.82) is 0 Å². The average Bonchev–Trinajstić information content (AvgIpc) is 3.05. The fourth-order valence-electron chi connectivity index (χ4n) is 2.16. The van der Waals surface area contributed by atoms with E-state index in [-0.39, 0.29) is 11.2 Å². The summed E-state index contributed by atoms with van der Waals surface area (Å²) < 4.78 is 1.63. The fraction of sp³-hybridized carbons (Fsp3) is 0.176. The number of halogens is 1. The van der Waals surface area contributed by atoms with Crippen LogP contribution in [0.2, 0.25) is 5.02 Å². The number of benzene rings is 2. The van der Waals surface area contributed by atoms with Gasteiger partial charge in [0.2, 0.25) is 11.1 Å². The number of thioether (sulfide) groups is 1. The van der Waals surface area contributed by atoms with Gasteiger partial charge in [-0.05, 0) is 66.2 Å². The van der Waals surface area contributed by atoms with Gasteiger partial charge in [0.05, 0.1) is 10.9 Å². The number of aromatic nitrogens is 4. The van der Waals surface area contributed by atoms with Crippen LogP contribution < -0.4 is 5.32 Å². The van der Waals surface area contributed by atoms with Gasteiger partial charge < -0.3 is 5.32 Å². The number of tetrazole rings is 1. The molecule has 1 unspecified atom stereocenters. The van der Waals surface area contributed by atoms with Gasteiger partial charge in [0.15, 0.2) is 0 Å². The summed E-state index contributed by atoms with van der Waals surface area (Å²) in [7, 11) is 0. The zero-order chi connectivity index (χ0) is 17.8. The number of rotatable bonds is 5. The molecule has 1 atom stereocenters. The van der Waals surface area contributed by atoms with E-state index in [0.29, 0.717) is 15.9 Å². The van der Waals surface area contributed by atoms with Gasteiger partial charge in [-0.25, -0.2) is 0 Å². The van der Waals surface area contributed by atoms with E-state index in [1.54, 1.807) is 28.9 Å². The zero-order valence-corrected chi connectivity index (χ0v) is 15.3. The second-order valence-corrected chi connectivity index (χ2v) is 7.21. The first-order chi connectivity index (χ1) is 12.0. The molecule has 0 aliphatic heterocycles. The first kappa shape index (κ1) is 17.4. The molecule has 6 nitrogen and oxygen atoms in total. The van der Waals surface area contributed by atoms with Gasteiger partial charge in [-0.15, -0.1) is 5.10 Å². The lowest BCUT2D eigenvalue weighted by atomic mass is 10.2. The Hall–Kier alpha value is -2.38. The molecule has 8 heteroatoms. The number of amides is 1. The maximum atomic E-state index is 12.4. The van der Waals surface area contributed by atoms with E-state index in [1.807, 2.05) is 38.1 Å². The van der Waals surface area contributed by atoms with Crippen molar-refractivity contribution in [2.24, 2.45) is 0 Å². The van der Waals surface area contributed by atoms with E-state index < -0.39 is 0 Å². The lowest BCUT2D eigenvalue weighted by Gasteiger charge is -2.12. The van der Waals surface area contributed by atoms with Crippen molar-refractivity contribution in [3.05, 3.63) is 59.1 Å². The zero-order valence-electron chi connectivity index (χ0n) is 13.7. The van der Waals surface area contributed by atoms with E-state index in [1.165, 1.54) is 11.8 Å². The molecule has 128 valence electrons. The van der Waals surface area contributed by atoms with Gasteiger partial charge in [0, 0.05) is 10.7 Å². The largest absolute Gasteiger partial charge is 0.325 e. The summed E-state index contributed by atoms with van der Waals surface area (Å²) in [5.74, 6) is -0.133. The van der Waals surface area contributed by atoms with Crippen LogP contribution in [0.15, 0.2) is 53.7 Å². The third-order valence-electron chi connectivity index (χ3n) is 3.45. The van der Waals surface area contributed by atoms with Crippen molar-refractivity contribution in [3.8, 4) is 5.69 Å². The topological polar surface area (TPSA) is 72.7 Å². The number of carbonyl (C=O) groups is 1. The summed E-state index contributed by atoms with van der Waals surface area (Å²) in [6, 6.07) is 14.8. The van der Waals surface area contributed by atoms with Gasteiger partial charge >= 0.3 is 0 Å². The van der Waals surface area contributed by atoms with Gasteiger partial charge in [-0.1, -0.05) is 35.5 Å². The highest BCUT2D eigenvalue weighted by molar-refractivity contribution is 8.00. The molecule has 1 aromatic heterocycles. The predicted molar refractivity (Wildman–Crippen MR) is 99.3 cm³/mol. The number of nitrogens with one attached hydrogen (secondary N) is 1. The molecule has 3 rings (SSSR count). The molecule has 0 saturated heterocycles. The lowest BCUT2D eigenvalue weighted by molar-refractivity contribution is -0.115. The maximum absolute atomic E-state index is 12.4. The molecule has 2 aromatic carbocycles. The standard InChI is InChI=1S/C17H16ClN5OS/c1-11-4-3-5-15(10-11)23-17(20-21-22-23)25-12(2)16(24)19-14-8-6-13(18)7-9-14/h3-10,12H,1-2H3,(H,19,24). The summed E-state index contributed by atoms with van der Waals surface area (Å²) in [6.45, 7) is 3.81. The minimum absolute atomic E-state index is 0.133. The van der Waals surface area contributed by atoms with E-state index >= 15 is 0 Å². The van der Waals surface area contributed by atoms with Crippen LogP contribution in [0.1, 0.15) is 12.5 Å². The van der Waals surface area contributed by atoms with E-state index in [2.05, 4.69) is 20.8 Å². The Kier molecular flexibility index (Phi) is 5.35. The first-order valence-corrected chi connectivity index (χ1v) is 8.87. The van der Waals surface area contributed by atoms with E-state index in [4.69, 9.17) is 11.6 Å². The number of aryl methyl sites for hydroxylation is 1. The lowest BCUT2D eigenvalue weighted by Crippen LogP contribution is -2.22. The van der Waals surface area contributed by atoms with Crippen molar-refractivity contribution in [3.63, 3.8) is 0 Å². The van der Waals surface area contributed by atoms with Gasteiger partial charge in [0.25, 0.3) is 0 Å². The summed E-state index contributed by atoms with van der Waals surface area (Å²) in [5.41, 5.74) is 2.66. The first-order valence-electron chi connectivity index (χ1n) is 7.61. The average molecular weight is 374 g/mol. The van der Waals surface area contributed by atoms with Gasteiger partial charge in [0.1, 0.15) is 0 Å². The second kappa shape index (κ2) is 7.67. The minimum atomic E-state index is -0.370. The fourth-order valence-corrected chi connectivity index (χ4v) is 3.10. The Morgan fingerprint density at radius 2 is 2.00 bits per heavy atom. The quantitative estimate of drug-likeness (QED) is 0.689. The number of hydrogen-bond donors (Lipinski definition) is 1. The van der Waals surface area contributed by atoms with Crippen LogP contribution in [0.25, 0.3) is 5.69 Å². The molecule has 0 bridgehead atoms. The Morgan fingerprint density at radius 3 is 2.72 bits per heavy atom. The molecule has 0 aliphatic rings. The summed E-state index contributed by atoms with van der Waals surface area (Å²) in [4.78, 5) is 12.4. The molecule has 0 spiro atoms. The molecule has 0 aliphatic carbocycles. The third-order valence-corrected chi connectivity index (χ3v) is 4.74. The SMILES string of the molecule is Cc1cccc(-n2nnnc2SC(C)C(=O)Nc2ccc(Cl)cc2)c1. The Balaban J connectivity index is 1.71. The molecule has 3 aromatic rings. The highest BCUT2D eigenvalue weighted by Gasteiger charge is 2.19. The molecule has 0 fully saturated rings. The van der Waals surface area contributed by atoms with Gasteiger partial charge in [-0.3, -0.25) is 4.79 Å². The molecule has 0 saturated carbocycles. The van der Waals surface area contributed by atoms with Crippen LogP contribution in [0.5, 0.6) is 0 Å². The maximum Gasteiger partial charge on any atom is 0.237 e. The number of anilines is 1. The van der Waals surface area contributed by atoms with Crippen LogP contribution >= 0.6 is 23.4 Å². The van der Waals surface area contributed by atoms with Crippen molar-refractivity contribution in [2.45, 2.75) is 24.3 Å². The molecule has 1 N–H and O–H groups in total. The van der Waals surface area contributed by atoms with Crippen LogP contribution in [0.3, 0.4) is 0 Å². The Bertz CT molecular complexity index is 881. The third kappa shape index (κ3) is 4.37. The van der Waals surface area contributed by atoms with Crippen molar-refractivity contribution in [1.82, 2.24) is 20.2 Å². The number of carbonyl (C=O) groups excluding carboxylic acids is 1. The normalized spacial score (nSPS) is 12.0.